The Hall–Kier alpha value is -2.76. The number of aryl methyl sites for hydroxylation is 1. The number of rotatable bonds is 2. The molecule has 4 nitrogen and oxygen atoms in total. The van der Waals surface area contributed by atoms with Gasteiger partial charge >= 0.3 is 0 Å². The normalized spacial score (nSPS) is 14.7. The Morgan fingerprint density at radius 2 is 1.43 bits per heavy atom. The molecule has 156 valence electrons. The SMILES string of the molecule is CC1=[N+](C)c2ccc(-c3ccccc3)cc2C1(C)C.Cc1ccc(S(=O)(=O)[O-])cc1. The van der Waals surface area contributed by atoms with E-state index >= 15 is 0 Å². The average Bonchev–Trinajstić information content (AvgIpc) is 2.89. The second kappa shape index (κ2) is 8.17. The summed E-state index contributed by atoms with van der Waals surface area (Å²) in [5.41, 5.74) is 7.81. The third-order valence-corrected chi connectivity index (χ3v) is 6.71. The van der Waals surface area contributed by atoms with Crippen LogP contribution in [0.15, 0.2) is 77.7 Å². The van der Waals surface area contributed by atoms with Gasteiger partial charge in [0.1, 0.15) is 17.2 Å². The summed E-state index contributed by atoms with van der Waals surface area (Å²) in [6.45, 7) is 8.66. The molecular formula is C25H27NO3S. The fourth-order valence-corrected chi connectivity index (χ4v) is 4.11. The van der Waals surface area contributed by atoms with Gasteiger partial charge in [0.25, 0.3) is 0 Å². The molecule has 0 unspecified atom stereocenters. The van der Waals surface area contributed by atoms with Crippen LogP contribution in [0.1, 0.15) is 31.9 Å². The Labute approximate surface area is 179 Å². The van der Waals surface area contributed by atoms with Crippen LogP contribution in [-0.4, -0.2) is 30.3 Å². The van der Waals surface area contributed by atoms with Gasteiger partial charge in [0.05, 0.1) is 10.3 Å². The Morgan fingerprint density at radius 1 is 0.833 bits per heavy atom. The quantitative estimate of drug-likeness (QED) is 0.418. The van der Waals surface area contributed by atoms with Crippen molar-refractivity contribution in [2.75, 3.05) is 7.05 Å². The standard InChI is InChI=1S/C18H20N.C7H8O3S/c1-13-18(2,3)16-12-15(10-11-17(16)19(13)4)14-8-6-5-7-9-14;1-6-2-4-7(5-3-6)11(8,9)10/h5-12H,1-4H3;2-5H,1H3,(H,8,9,10)/q+1;/p-1. The maximum atomic E-state index is 10.4. The third-order valence-electron chi connectivity index (χ3n) is 5.86. The van der Waals surface area contributed by atoms with Crippen LogP contribution in [0.5, 0.6) is 0 Å². The molecule has 0 amide bonds. The molecule has 30 heavy (non-hydrogen) atoms. The fraction of sp³-hybridized carbons (Fsp3) is 0.240. The molecule has 0 aliphatic carbocycles. The van der Waals surface area contributed by atoms with Crippen molar-refractivity contribution >= 4 is 21.5 Å². The molecule has 1 aliphatic heterocycles. The average molecular weight is 422 g/mol. The highest BCUT2D eigenvalue weighted by atomic mass is 32.2. The first-order chi connectivity index (χ1) is 14.0. The minimum Gasteiger partial charge on any atom is -0.744 e. The number of hydrogen-bond acceptors (Lipinski definition) is 3. The lowest BCUT2D eigenvalue weighted by Crippen LogP contribution is -2.25. The zero-order chi connectivity index (χ0) is 22.1. The molecule has 0 radical (unpaired) electrons. The van der Waals surface area contributed by atoms with Crippen molar-refractivity contribution in [2.24, 2.45) is 0 Å². The smallest absolute Gasteiger partial charge is 0.209 e. The second-order valence-electron chi connectivity index (χ2n) is 8.13. The lowest BCUT2D eigenvalue weighted by Gasteiger charge is -2.15. The van der Waals surface area contributed by atoms with Crippen molar-refractivity contribution in [3.05, 3.63) is 83.9 Å². The summed E-state index contributed by atoms with van der Waals surface area (Å²) >= 11 is 0. The molecule has 4 rings (SSSR count). The topological polar surface area (TPSA) is 60.2 Å². The summed E-state index contributed by atoms with van der Waals surface area (Å²) in [4.78, 5) is -0.178. The molecule has 0 aromatic heterocycles. The summed E-state index contributed by atoms with van der Waals surface area (Å²) in [6.07, 6.45) is 0. The lowest BCUT2D eigenvalue weighted by atomic mass is 9.81. The van der Waals surface area contributed by atoms with Crippen molar-refractivity contribution in [1.29, 1.82) is 0 Å². The van der Waals surface area contributed by atoms with Crippen LogP contribution in [0.25, 0.3) is 11.1 Å². The van der Waals surface area contributed by atoms with E-state index in [1.165, 1.54) is 40.2 Å². The van der Waals surface area contributed by atoms with E-state index in [0.717, 1.165) is 5.56 Å². The highest BCUT2D eigenvalue weighted by Crippen LogP contribution is 2.40. The second-order valence-corrected chi connectivity index (χ2v) is 9.51. The van der Waals surface area contributed by atoms with E-state index < -0.39 is 10.1 Å². The Morgan fingerprint density at radius 3 is 2.00 bits per heavy atom. The van der Waals surface area contributed by atoms with Crippen LogP contribution in [0, 0.1) is 6.92 Å². The Bertz CT molecular complexity index is 1190. The van der Waals surface area contributed by atoms with Crippen LogP contribution >= 0.6 is 0 Å². The first kappa shape index (κ1) is 21.9. The van der Waals surface area contributed by atoms with Crippen LogP contribution in [0.4, 0.5) is 5.69 Å². The Balaban J connectivity index is 0.000000199. The largest absolute Gasteiger partial charge is 0.744 e. The molecular weight excluding hydrogens is 394 g/mol. The first-order valence-electron chi connectivity index (χ1n) is 9.82. The van der Waals surface area contributed by atoms with E-state index in [9.17, 15) is 13.0 Å². The van der Waals surface area contributed by atoms with Gasteiger partial charge < -0.3 is 4.55 Å². The van der Waals surface area contributed by atoms with Gasteiger partial charge in [-0.1, -0.05) is 48.0 Å². The number of fused-ring (bicyclic) bond motifs is 1. The zero-order valence-electron chi connectivity index (χ0n) is 18.0. The summed E-state index contributed by atoms with van der Waals surface area (Å²) in [6, 6.07) is 23.2. The molecule has 0 atom stereocenters. The van der Waals surface area contributed by atoms with Gasteiger partial charge in [0, 0.05) is 18.6 Å². The third kappa shape index (κ3) is 4.37. The highest BCUT2D eigenvalue weighted by molar-refractivity contribution is 7.85. The Kier molecular flexibility index (Phi) is 5.97. The maximum absolute atomic E-state index is 10.4. The van der Waals surface area contributed by atoms with E-state index in [4.69, 9.17) is 0 Å². The van der Waals surface area contributed by atoms with Gasteiger partial charge in [-0.05, 0) is 56.2 Å². The molecule has 1 heterocycles. The van der Waals surface area contributed by atoms with Crippen LogP contribution in [-0.2, 0) is 15.5 Å². The summed E-state index contributed by atoms with van der Waals surface area (Å²) in [5.74, 6) is 0. The van der Waals surface area contributed by atoms with Crippen LogP contribution in [0.2, 0.25) is 0 Å². The number of hydrogen-bond donors (Lipinski definition) is 0. The van der Waals surface area contributed by atoms with E-state index in [1.54, 1.807) is 12.1 Å². The molecule has 0 saturated heterocycles. The molecule has 0 saturated carbocycles. The van der Waals surface area contributed by atoms with E-state index in [-0.39, 0.29) is 10.3 Å². The number of nitrogens with zero attached hydrogens (tertiary/aromatic N) is 1. The van der Waals surface area contributed by atoms with Gasteiger partial charge in [-0.15, -0.1) is 0 Å². The predicted molar refractivity (Wildman–Crippen MR) is 121 cm³/mol. The van der Waals surface area contributed by atoms with Crippen LogP contribution in [0.3, 0.4) is 0 Å². The molecule has 1 aliphatic rings. The van der Waals surface area contributed by atoms with Crippen LogP contribution < -0.4 is 0 Å². The summed E-state index contributed by atoms with van der Waals surface area (Å²) in [5, 5.41) is 0. The summed E-state index contributed by atoms with van der Waals surface area (Å²) < 4.78 is 33.5. The lowest BCUT2D eigenvalue weighted by molar-refractivity contribution is -0.403. The summed E-state index contributed by atoms with van der Waals surface area (Å²) in [7, 11) is -2.11. The first-order valence-corrected chi connectivity index (χ1v) is 11.2. The van der Waals surface area contributed by atoms with Gasteiger partial charge in [-0.25, -0.2) is 13.0 Å². The van der Waals surface area contributed by atoms with Gasteiger partial charge in [-0.3, -0.25) is 0 Å². The molecule has 3 aromatic carbocycles. The predicted octanol–water partition coefficient (Wildman–Crippen LogP) is 5.28. The van der Waals surface area contributed by atoms with Crippen molar-refractivity contribution in [3.8, 4) is 11.1 Å². The monoisotopic (exact) mass is 421 g/mol. The van der Waals surface area contributed by atoms with E-state index in [1.807, 2.05) is 6.92 Å². The zero-order valence-corrected chi connectivity index (χ0v) is 18.8. The molecule has 0 fully saturated rings. The molecule has 0 spiro atoms. The van der Waals surface area contributed by atoms with Gasteiger partial charge in [-0.2, -0.15) is 0 Å². The molecule has 5 heteroatoms. The van der Waals surface area contributed by atoms with Crippen molar-refractivity contribution < 1.29 is 17.5 Å². The van der Waals surface area contributed by atoms with Crippen molar-refractivity contribution in [3.63, 3.8) is 0 Å². The molecule has 3 aromatic rings. The fourth-order valence-electron chi connectivity index (χ4n) is 3.64. The van der Waals surface area contributed by atoms with Crippen molar-refractivity contribution in [1.82, 2.24) is 0 Å². The molecule has 0 N–H and O–H groups in total. The number of benzene rings is 3. The van der Waals surface area contributed by atoms with Crippen molar-refractivity contribution in [2.45, 2.75) is 38.0 Å². The van der Waals surface area contributed by atoms with E-state index in [0.29, 0.717) is 0 Å². The van der Waals surface area contributed by atoms with Gasteiger partial charge in [0.2, 0.25) is 5.69 Å². The van der Waals surface area contributed by atoms with Gasteiger partial charge in [0.15, 0.2) is 5.71 Å². The minimum absolute atomic E-state index is 0.120. The maximum Gasteiger partial charge on any atom is 0.209 e. The van der Waals surface area contributed by atoms with E-state index in [2.05, 4.69) is 80.9 Å². The highest BCUT2D eigenvalue weighted by Gasteiger charge is 2.41. The minimum atomic E-state index is -4.27. The molecule has 0 bridgehead atoms.